The summed E-state index contributed by atoms with van der Waals surface area (Å²) in [6.07, 6.45) is 2.24. The molecule has 0 unspecified atom stereocenters. The van der Waals surface area contributed by atoms with E-state index in [4.69, 9.17) is 10.2 Å². The second-order valence-electron chi connectivity index (χ2n) is 2.03. The van der Waals surface area contributed by atoms with Gasteiger partial charge in [0.25, 0.3) is 0 Å². The number of rotatable bonds is 2. The molecule has 0 aliphatic carbocycles. The largest absolute Gasteiger partial charge is 0.478 e. The van der Waals surface area contributed by atoms with E-state index in [-0.39, 0.29) is 55.9 Å². The minimum Gasteiger partial charge on any atom is -0.478 e. The molecule has 0 aromatic carbocycles. The third-order valence-electron chi connectivity index (χ3n) is 1.28. The van der Waals surface area contributed by atoms with Gasteiger partial charge in [-0.3, -0.25) is 4.98 Å². The van der Waals surface area contributed by atoms with Crippen LogP contribution in [0.4, 0.5) is 0 Å². The number of nitrogens with zero attached hydrogens (tertiary/aromatic N) is 1. The molecule has 0 aliphatic heterocycles. The van der Waals surface area contributed by atoms with Crippen molar-refractivity contribution in [1.29, 1.82) is 0 Å². The predicted octanol–water partition coefficient (Wildman–Crippen LogP) is 0.473. The maximum atomic E-state index is 10.4. The molecule has 0 saturated heterocycles. The molecule has 0 amide bonds. The van der Waals surface area contributed by atoms with Crippen molar-refractivity contribution in [3.05, 3.63) is 29.6 Å². The Hall–Kier alpha value is -0.429. The summed E-state index contributed by atoms with van der Waals surface area (Å²) in [5.41, 5.74) is -0.553. The molecule has 14 heavy (non-hydrogen) atoms. The Labute approximate surface area is 111 Å². The van der Waals surface area contributed by atoms with Gasteiger partial charge in [-0.1, -0.05) is 0 Å². The van der Waals surface area contributed by atoms with Gasteiger partial charge in [-0.15, -0.1) is 0 Å². The van der Waals surface area contributed by atoms with Crippen molar-refractivity contribution in [2.24, 2.45) is 0 Å². The zero-order valence-electron chi connectivity index (χ0n) is 6.49. The van der Waals surface area contributed by atoms with Crippen molar-refractivity contribution >= 4 is 11.9 Å². The van der Waals surface area contributed by atoms with E-state index < -0.39 is 11.9 Å². The van der Waals surface area contributed by atoms with Crippen LogP contribution in [0.15, 0.2) is 18.5 Å². The van der Waals surface area contributed by atoms with Gasteiger partial charge in [0.15, 0.2) is 0 Å². The molecule has 1 heterocycles. The van der Waals surface area contributed by atoms with E-state index >= 15 is 0 Å². The summed E-state index contributed by atoms with van der Waals surface area (Å²) in [5.74, 6) is -2.56. The molecule has 2 radical (unpaired) electrons. The van der Waals surface area contributed by atoms with Crippen LogP contribution in [0.25, 0.3) is 0 Å². The Morgan fingerprint density at radius 3 is 1.93 bits per heavy atom. The zero-order valence-corrected chi connectivity index (χ0v) is 9.46. The standard InChI is InChI=1S/C7H5NO4.2Ag/c9-6(10)4-1-2-8-3-5(4)7(11)12;;/h1-3H,(H,9,10)(H,11,12);;. The Bertz CT molecular complexity index is 309. The van der Waals surface area contributed by atoms with E-state index in [1.54, 1.807) is 0 Å². The van der Waals surface area contributed by atoms with E-state index in [1.807, 2.05) is 0 Å². The molecule has 5 nitrogen and oxygen atoms in total. The number of carbonyl (C=O) groups is 2. The average Bonchev–Trinajstić information content (AvgIpc) is 2.04. The number of aromatic carboxylic acids is 2. The van der Waals surface area contributed by atoms with Crippen molar-refractivity contribution in [1.82, 2.24) is 4.98 Å². The molecule has 7 heteroatoms. The number of aromatic nitrogens is 1. The van der Waals surface area contributed by atoms with Crippen LogP contribution in [0.3, 0.4) is 0 Å². The van der Waals surface area contributed by atoms with Crippen molar-refractivity contribution in [2.75, 3.05) is 0 Å². The normalized spacial score (nSPS) is 8.00. The van der Waals surface area contributed by atoms with Crippen LogP contribution < -0.4 is 0 Å². The SMILES string of the molecule is O=C(O)c1ccncc1C(=O)O.[Ag].[Ag]. The van der Waals surface area contributed by atoms with Gasteiger partial charge in [-0.2, -0.15) is 0 Å². The number of carboxylic acids is 2. The van der Waals surface area contributed by atoms with Gasteiger partial charge in [-0.05, 0) is 6.07 Å². The van der Waals surface area contributed by atoms with Gasteiger partial charge in [0, 0.05) is 57.2 Å². The van der Waals surface area contributed by atoms with Gasteiger partial charge >= 0.3 is 11.9 Å². The molecule has 84 valence electrons. The second kappa shape index (κ2) is 6.94. The fraction of sp³-hybridized carbons (Fsp3) is 0. The topological polar surface area (TPSA) is 87.5 Å². The summed E-state index contributed by atoms with van der Waals surface area (Å²) in [7, 11) is 0. The molecule has 0 spiro atoms. The minimum atomic E-state index is -1.29. The number of hydrogen-bond donors (Lipinski definition) is 2. The monoisotopic (exact) mass is 381 g/mol. The Balaban J connectivity index is 0. The van der Waals surface area contributed by atoms with Crippen LogP contribution in [0, 0.1) is 0 Å². The van der Waals surface area contributed by atoms with Crippen LogP contribution in [0.2, 0.25) is 0 Å². The van der Waals surface area contributed by atoms with Crippen molar-refractivity contribution in [2.45, 2.75) is 0 Å². The predicted molar refractivity (Wildman–Crippen MR) is 38.2 cm³/mol. The smallest absolute Gasteiger partial charge is 0.338 e. The van der Waals surface area contributed by atoms with Crippen LogP contribution in [0.1, 0.15) is 20.7 Å². The Morgan fingerprint density at radius 2 is 1.57 bits per heavy atom. The first-order valence-electron chi connectivity index (χ1n) is 3.03. The van der Waals surface area contributed by atoms with Gasteiger partial charge in [0.1, 0.15) is 0 Å². The van der Waals surface area contributed by atoms with E-state index in [0.717, 1.165) is 12.3 Å². The molecule has 1 aromatic heterocycles. The molecular formula is C7H5Ag2NO4. The minimum absolute atomic E-state index is 0. The summed E-state index contributed by atoms with van der Waals surface area (Å²) in [5, 5.41) is 17.0. The Morgan fingerprint density at radius 1 is 1.07 bits per heavy atom. The van der Waals surface area contributed by atoms with Crippen molar-refractivity contribution in [3.63, 3.8) is 0 Å². The van der Waals surface area contributed by atoms with Crippen LogP contribution in [-0.2, 0) is 44.8 Å². The van der Waals surface area contributed by atoms with E-state index in [0.29, 0.717) is 0 Å². The third-order valence-corrected chi connectivity index (χ3v) is 1.28. The van der Waals surface area contributed by atoms with Crippen LogP contribution >= 0.6 is 0 Å². The van der Waals surface area contributed by atoms with E-state index in [9.17, 15) is 9.59 Å². The number of carboxylic acid groups (broad SMARTS) is 2. The second-order valence-corrected chi connectivity index (χ2v) is 2.03. The molecular weight excluding hydrogens is 378 g/mol. The number of pyridine rings is 1. The van der Waals surface area contributed by atoms with E-state index in [1.165, 1.54) is 6.20 Å². The van der Waals surface area contributed by atoms with Gasteiger partial charge in [-0.25, -0.2) is 9.59 Å². The number of hydrogen-bond acceptors (Lipinski definition) is 3. The molecule has 0 fully saturated rings. The first-order chi connectivity index (χ1) is 5.63. The quantitative estimate of drug-likeness (QED) is 0.726. The molecule has 1 aromatic rings. The zero-order chi connectivity index (χ0) is 9.14. The van der Waals surface area contributed by atoms with Crippen LogP contribution in [-0.4, -0.2) is 27.1 Å². The van der Waals surface area contributed by atoms with Crippen molar-refractivity contribution in [3.8, 4) is 0 Å². The molecule has 0 bridgehead atoms. The molecule has 1 rings (SSSR count). The van der Waals surface area contributed by atoms with Crippen LogP contribution in [0.5, 0.6) is 0 Å². The van der Waals surface area contributed by atoms with Gasteiger partial charge in [0.2, 0.25) is 0 Å². The van der Waals surface area contributed by atoms with Crippen molar-refractivity contribution < 1.29 is 64.6 Å². The maximum Gasteiger partial charge on any atom is 0.338 e. The molecule has 0 aliphatic rings. The molecule has 0 atom stereocenters. The van der Waals surface area contributed by atoms with Gasteiger partial charge in [0.05, 0.1) is 11.1 Å². The molecule has 2 N–H and O–H groups in total. The summed E-state index contributed by atoms with van der Waals surface area (Å²) in [6.45, 7) is 0. The summed E-state index contributed by atoms with van der Waals surface area (Å²) in [6, 6.07) is 1.14. The summed E-state index contributed by atoms with van der Waals surface area (Å²) in [4.78, 5) is 24.4. The fourth-order valence-corrected chi connectivity index (χ4v) is 0.751. The summed E-state index contributed by atoms with van der Waals surface area (Å²) >= 11 is 0. The van der Waals surface area contributed by atoms with Gasteiger partial charge < -0.3 is 10.2 Å². The average molecular weight is 383 g/mol. The third kappa shape index (κ3) is 3.75. The Kier molecular flexibility index (Phi) is 7.94. The first-order valence-corrected chi connectivity index (χ1v) is 3.03. The maximum absolute atomic E-state index is 10.4. The first kappa shape index (κ1) is 16.0. The fourth-order valence-electron chi connectivity index (χ4n) is 0.751. The van der Waals surface area contributed by atoms with E-state index in [2.05, 4.69) is 4.98 Å². The molecule has 0 saturated carbocycles. The summed E-state index contributed by atoms with van der Waals surface area (Å²) < 4.78 is 0.